The minimum atomic E-state index is -0.378. The first kappa shape index (κ1) is 15.0. The van der Waals surface area contributed by atoms with E-state index in [-0.39, 0.29) is 16.9 Å². The topological polar surface area (TPSA) is 51.1 Å². The van der Waals surface area contributed by atoms with Gasteiger partial charge in [-0.25, -0.2) is 0 Å². The lowest BCUT2D eigenvalue weighted by molar-refractivity contribution is 0.102. The van der Waals surface area contributed by atoms with Crippen LogP contribution in [0.1, 0.15) is 22.8 Å². The predicted molar refractivity (Wildman–Crippen MR) is 93.0 cm³/mol. The van der Waals surface area contributed by atoms with Gasteiger partial charge in [0.25, 0.3) is 5.91 Å². The second kappa shape index (κ2) is 6.08. The number of nitrogens with one attached hydrogen (secondary N) is 1. The molecule has 1 aromatic heterocycles. The molecule has 1 N–H and O–H groups in total. The zero-order valence-corrected chi connectivity index (χ0v) is 13.2. The highest BCUT2D eigenvalue weighted by Crippen LogP contribution is 2.17. The van der Waals surface area contributed by atoms with Gasteiger partial charge in [0.1, 0.15) is 5.56 Å². The van der Waals surface area contributed by atoms with E-state index in [0.717, 1.165) is 23.2 Å². The minimum absolute atomic E-state index is 0.150. The second-order valence-electron chi connectivity index (χ2n) is 5.46. The molecule has 2 aromatic carbocycles. The van der Waals surface area contributed by atoms with Crippen LogP contribution in [0.4, 0.5) is 5.69 Å². The van der Waals surface area contributed by atoms with Crippen LogP contribution in [0, 0.1) is 0 Å². The number of fused-ring (bicyclic) bond motifs is 1. The van der Waals surface area contributed by atoms with E-state index in [1.807, 2.05) is 50.4 Å². The van der Waals surface area contributed by atoms with E-state index in [4.69, 9.17) is 0 Å². The highest BCUT2D eigenvalue weighted by molar-refractivity contribution is 6.06. The number of amides is 1. The molecule has 1 amide bonds. The molecule has 1 heterocycles. The van der Waals surface area contributed by atoms with Crippen molar-refractivity contribution in [1.82, 2.24) is 4.57 Å². The Bertz CT molecular complexity index is 941. The SMILES string of the molecule is CCc1ccccc1NC(=O)c1cn(C)c2ccccc2c1=O. The lowest BCUT2D eigenvalue weighted by atomic mass is 10.1. The van der Waals surface area contributed by atoms with Crippen molar-refractivity contribution in [2.24, 2.45) is 7.05 Å². The van der Waals surface area contributed by atoms with Gasteiger partial charge in [0.15, 0.2) is 0 Å². The third-order valence-electron chi connectivity index (χ3n) is 3.99. The van der Waals surface area contributed by atoms with Gasteiger partial charge in [-0.05, 0) is 30.2 Å². The molecule has 0 bridgehead atoms. The minimum Gasteiger partial charge on any atom is -0.350 e. The average Bonchev–Trinajstić information content (AvgIpc) is 2.58. The lowest BCUT2D eigenvalue weighted by Gasteiger charge is -2.11. The molecule has 4 nitrogen and oxygen atoms in total. The molecule has 0 fully saturated rings. The molecule has 0 radical (unpaired) electrons. The summed E-state index contributed by atoms with van der Waals surface area (Å²) in [6.07, 6.45) is 2.40. The van der Waals surface area contributed by atoms with Gasteiger partial charge in [0.2, 0.25) is 5.43 Å². The molecule has 0 aliphatic heterocycles. The molecular formula is C19H18N2O2. The van der Waals surface area contributed by atoms with Gasteiger partial charge in [0.05, 0.1) is 5.52 Å². The Balaban J connectivity index is 2.05. The Morgan fingerprint density at radius 2 is 1.78 bits per heavy atom. The molecule has 116 valence electrons. The van der Waals surface area contributed by atoms with Crippen LogP contribution in [-0.4, -0.2) is 10.5 Å². The van der Waals surface area contributed by atoms with Crippen molar-refractivity contribution in [3.05, 3.63) is 76.1 Å². The third-order valence-corrected chi connectivity index (χ3v) is 3.99. The fourth-order valence-corrected chi connectivity index (χ4v) is 2.74. The van der Waals surface area contributed by atoms with Crippen molar-refractivity contribution in [3.8, 4) is 0 Å². The number of nitrogens with zero attached hydrogens (tertiary/aromatic N) is 1. The van der Waals surface area contributed by atoms with E-state index >= 15 is 0 Å². The smallest absolute Gasteiger partial charge is 0.261 e. The van der Waals surface area contributed by atoms with Crippen LogP contribution < -0.4 is 10.7 Å². The molecule has 0 atom stereocenters. The summed E-state index contributed by atoms with van der Waals surface area (Å²) in [5.74, 6) is -0.378. The molecule has 0 unspecified atom stereocenters. The first-order valence-corrected chi connectivity index (χ1v) is 7.59. The van der Waals surface area contributed by atoms with E-state index in [0.29, 0.717) is 5.39 Å². The van der Waals surface area contributed by atoms with E-state index in [1.54, 1.807) is 22.9 Å². The number of aromatic nitrogens is 1. The molecule has 4 heteroatoms. The maximum atomic E-state index is 12.6. The van der Waals surface area contributed by atoms with Gasteiger partial charge in [-0.3, -0.25) is 9.59 Å². The van der Waals surface area contributed by atoms with Gasteiger partial charge < -0.3 is 9.88 Å². The number of aryl methyl sites for hydroxylation is 2. The number of pyridine rings is 1. The summed E-state index contributed by atoms with van der Waals surface area (Å²) < 4.78 is 1.80. The number of rotatable bonds is 3. The Labute approximate surface area is 134 Å². The van der Waals surface area contributed by atoms with Gasteiger partial charge >= 0.3 is 0 Å². The first-order valence-electron chi connectivity index (χ1n) is 7.59. The van der Waals surface area contributed by atoms with Crippen LogP contribution in [0.15, 0.2) is 59.5 Å². The number of anilines is 1. The molecule has 3 rings (SSSR count). The van der Waals surface area contributed by atoms with Crippen molar-refractivity contribution < 1.29 is 4.79 Å². The van der Waals surface area contributed by atoms with E-state index in [9.17, 15) is 9.59 Å². The summed E-state index contributed by atoms with van der Waals surface area (Å²) in [4.78, 5) is 25.2. The van der Waals surface area contributed by atoms with Gasteiger partial charge in [-0.2, -0.15) is 0 Å². The van der Waals surface area contributed by atoms with Crippen LogP contribution in [0.3, 0.4) is 0 Å². The molecule has 0 saturated carbocycles. The summed E-state index contributed by atoms with van der Waals surface area (Å²) in [6, 6.07) is 14.9. The fourth-order valence-electron chi connectivity index (χ4n) is 2.74. The summed E-state index contributed by atoms with van der Waals surface area (Å²) >= 11 is 0. The highest BCUT2D eigenvalue weighted by atomic mass is 16.2. The Hall–Kier alpha value is -2.88. The zero-order valence-electron chi connectivity index (χ0n) is 13.2. The lowest BCUT2D eigenvalue weighted by Crippen LogP contribution is -2.23. The summed E-state index contributed by atoms with van der Waals surface area (Å²) in [6.45, 7) is 2.03. The van der Waals surface area contributed by atoms with E-state index < -0.39 is 0 Å². The third kappa shape index (κ3) is 2.75. The second-order valence-corrected chi connectivity index (χ2v) is 5.46. The van der Waals surface area contributed by atoms with Crippen LogP contribution in [0.25, 0.3) is 10.9 Å². The molecule has 0 aliphatic carbocycles. The zero-order chi connectivity index (χ0) is 16.4. The Kier molecular flexibility index (Phi) is 3.98. The fraction of sp³-hybridized carbons (Fsp3) is 0.158. The average molecular weight is 306 g/mol. The maximum absolute atomic E-state index is 12.6. The number of carbonyl (C=O) groups is 1. The highest BCUT2D eigenvalue weighted by Gasteiger charge is 2.15. The Morgan fingerprint density at radius 3 is 2.57 bits per heavy atom. The number of carbonyl (C=O) groups excluding carboxylic acids is 1. The van der Waals surface area contributed by atoms with Crippen LogP contribution >= 0.6 is 0 Å². The summed E-state index contributed by atoms with van der Waals surface area (Å²) in [5.41, 5.74) is 2.50. The van der Waals surface area contributed by atoms with Crippen LogP contribution in [0.5, 0.6) is 0 Å². The monoisotopic (exact) mass is 306 g/mol. The molecule has 0 aliphatic rings. The normalized spacial score (nSPS) is 10.7. The molecule has 0 spiro atoms. The van der Waals surface area contributed by atoms with Crippen molar-refractivity contribution in [2.45, 2.75) is 13.3 Å². The predicted octanol–water partition coefficient (Wildman–Crippen LogP) is 3.35. The standard InChI is InChI=1S/C19H18N2O2/c1-3-13-8-4-6-10-16(13)20-19(23)15-12-21(2)17-11-7-5-9-14(17)18(15)22/h4-12H,3H2,1-2H3,(H,20,23). The van der Waals surface area contributed by atoms with Crippen molar-refractivity contribution in [2.75, 3.05) is 5.32 Å². The quantitative estimate of drug-likeness (QED) is 0.806. The number of hydrogen-bond acceptors (Lipinski definition) is 2. The maximum Gasteiger partial charge on any atom is 0.261 e. The van der Waals surface area contributed by atoms with Crippen LogP contribution in [-0.2, 0) is 13.5 Å². The first-order chi connectivity index (χ1) is 11.1. The Morgan fingerprint density at radius 1 is 1.09 bits per heavy atom. The van der Waals surface area contributed by atoms with Crippen molar-refractivity contribution in [1.29, 1.82) is 0 Å². The van der Waals surface area contributed by atoms with E-state index in [1.165, 1.54) is 0 Å². The van der Waals surface area contributed by atoms with Gasteiger partial charge in [-0.1, -0.05) is 37.3 Å². The summed E-state index contributed by atoms with van der Waals surface area (Å²) in [7, 11) is 1.83. The number of para-hydroxylation sites is 2. The summed E-state index contributed by atoms with van der Waals surface area (Å²) in [5, 5.41) is 3.41. The van der Waals surface area contributed by atoms with Crippen molar-refractivity contribution >= 4 is 22.5 Å². The molecule has 3 aromatic rings. The van der Waals surface area contributed by atoms with Crippen molar-refractivity contribution in [3.63, 3.8) is 0 Å². The van der Waals surface area contributed by atoms with Gasteiger partial charge in [0, 0.05) is 24.3 Å². The molecule has 23 heavy (non-hydrogen) atoms. The number of benzene rings is 2. The molecule has 0 saturated heterocycles. The van der Waals surface area contributed by atoms with Crippen LogP contribution in [0.2, 0.25) is 0 Å². The number of hydrogen-bond donors (Lipinski definition) is 1. The van der Waals surface area contributed by atoms with E-state index in [2.05, 4.69) is 5.32 Å². The van der Waals surface area contributed by atoms with Gasteiger partial charge in [-0.15, -0.1) is 0 Å². The molecular weight excluding hydrogens is 288 g/mol. The largest absolute Gasteiger partial charge is 0.350 e.